The first kappa shape index (κ1) is 15.7. The molecule has 0 heterocycles. The zero-order valence-corrected chi connectivity index (χ0v) is 8.15. The van der Waals surface area contributed by atoms with Gasteiger partial charge in [-0.3, -0.25) is 0 Å². The van der Waals surface area contributed by atoms with Gasteiger partial charge < -0.3 is 11.5 Å². The summed E-state index contributed by atoms with van der Waals surface area (Å²) in [7, 11) is 0. The van der Waals surface area contributed by atoms with Gasteiger partial charge in [-0.15, -0.1) is 0 Å². The molecule has 2 heteroatoms. The molecule has 1 N–H and O–H groups in total. The average Bonchev–Trinajstić information content (AvgIpc) is 1.39. The topological polar surface area (TPSA) is 20.2 Å². The first-order chi connectivity index (χ1) is 2.83. The zero-order valence-electron chi connectivity index (χ0n) is 5.31. The molecule has 0 aromatic rings. The summed E-state index contributed by atoms with van der Waals surface area (Å²) in [5, 5.41) is 7.57. The fraction of sp³-hybridized carbons (Fsp3) is 0.800. The first-order valence-corrected chi connectivity index (χ1v) is 2.18. The molecule has 1 nitrogen and oxygen atoms in total. The van der Waals surface area contributed by atoms with Crippen molar-refractivity contribution >= 4 is 0 Å². The molecule has 1 radical (unpaired) electrons. The molecule has 0 aromatic heterocycles. The van der Waals surface area contributed by atoms with Crippen molar-refractivity contribution in [2.24, 2.45) is 0 Å². The van der Waals surface area contributed by atoms with E-state index in [2.05, 4.69) is 0 Å². The van der Waals surface area contributed by atoms with Gasteiger partial charge in [-0.1, -0.05) is 0 Å². The molecule has 0 aliphatic rings. The molecule has 43 valence electrons. The Morgan fingerprint density at radius 2 is 1.43 bits per heavy atom. The van der Waals surface area contributed by atoms with Crippen molar-refractivity contribution in [2.75, 3.05) is 6.61 Å². The molecule has 0 aliphatic heterocycles. The van der Waals surface area contributed by atoms with Crippen molar-refractivity contribution in [2.45, 2.75) is 20.8 Å². The summed E-state index contributed by atoms with van der Waals surface area (Å²) in [6, 6.07) is 0. The normalized spacial score (nSPS) is 5.14. The van der Waals surface area contributed by atoms with Crippen LogP contribution in [0.15, 0.2) is 0 Å². The molecule has 0 saturated carbocycles. The standard InChI is InChI=1S/C3H7.C2H6O.Y/c1-3-2;1-2-3;/h3H,1-2H3;3H,2H2,1H3;/q-1;;. The SMILES string of the molecule is CCO.C[CH-]C.[Y]. The van der Waals surface area contributed by atoms with E-state index in [1.165, 1.54) is 0 Å². The van der Waals surface area contributed by atoms with Crippen LogP contribution in [0.1, 0.15) is 20.8 Å². The van der Waals surface area contributed by atoms with E-state index in [0.717, 1.165) is 0 Å². The van der Waals surface area contributed by atoms with E-state index in [9.17, 15) is 0 Å². The van der Waals surface area contributed by atoms with Crippen molar-refractivity contribution in [1.82, 2.24) is 0 Å². The van der Waals surface area contributed by atoms with Gasteiger partial charge in [0.1, 0.15) is 0 Å². The Morgan fingerprint density at radius 3 is 1.43 bits per heavy atom. The largest absolute Gasteiger partial charge is 0.397 e. The molecular weight excluding hydrogens is 165 g/mol. The maximum absolute atomic E-state index is 7.57. The zero-order chi connectivity index (χ0) is 5.41. The van der Waals surface area contributed by atoms with Crippen molar-refractivity contribution in [3.05, 3.63) is 6.42 Å². The smallest absolute Gasteiger partial charge is 0.0402 e. The fourth-order valence-electron chi connectivity index (χ4n) is 0. The summed E-state index contributed by atoms with van der Waals surface area (Å²) in [6.45, 7) is 5.93. The Kier molecular flexibility index (Phi) is 62.0. The number of rotatable bonds is 0. The van der Waals surface area contributed by atoms with Gasteiger partial charge in [0.2, 0.25) is 0 Å². The molecular formula is C5H13OY-. The van der Waals surface area contributed by atoms with Crippen LogP contribution >= 0.6 is 0 Å². The minimum absolute atomic E-state index is 0. The predicted octanol–water partition coefficient (Wildman–Crippen LogP) is 1.23. The molecule has 0 fully saturated rings. The van der Waals surface area contributed by atoms with Gasteiger partial charge in [0.15, 0.2) is 0 Å². The van der Waals surface area contributed by atoms with Crippen LogP contribution in [0.4, 0.5) is 0 Å². The second-order valence-electron chi connectivity index (χ2n) is 0.894. The van der Waals surface area contributed by atoms with Crippen LogP contribution in [0.5, 0.6) is 0 Å². The van der Waals surface area contributed by atoms with Gasteiger partial charge in [0.25, 0.3) is 0 Å². The van der Waals surface area contributed by atoms with Crippen LogP contribution < -0.4 is 0 Å². The molecule has 0 aromatic carbocycles. The monoisotopic (exact) mass is 178 g/mol. The second kappa shape index (κ2) is 27.7. The van der Waals surface area contributed by atoms with Crippen LogP contribution in [0, 0.1) is 6.42 Å². The average molecular weight is 178 g/mol. The van der Waals surface area contributed by atoms with Crippen LogP contribution in [0.3, 0.4) is 0 Å². The number of hydrogen-bond acceptors (Lipinski definition) is 1. The van der Waals surface area contributed by atoms with Gasteiger partial charge in [-0.05, 0) is 6.92 Å². The molecule has 0 saturated heterocycles. The quantitative estimate of drug-likeness (QED) is 0.553. The fourth-order valence-corrected chi connectivity index (χ4v) is 0. The molecule has 0 unspecified atom stereocenters. The third-order valence-corrected chi connectivity index (χ3v) is 0. The maximum atomic E-state index is 7.57. The number of aliphatic hydroxyl groups is 1. The summed E-state index contributed by atoms with van der Waals surface area (Å²) in [5.41, 5.74) is 0. The number of aliphatic hydroxyl groups excluding tert-OH is 1. The molecule has 0 bridgehead atoms. The van der Waals surface area contributed by atoms with Crippen LogP contribution in [0.25, 0.3) is 0 Å². The summed E-state index contributed by atoms with van der Waals surface area (Å²) >= 11 is 0. The minimum atomic E-state index is 0. The molecule has 0 spiro atoms. The predicted molar refractivity (Wildman–Crippen MR) is 28.4 cm³/mol. The van der Waals surface area contributed by atoms with Gasteiger partial charge in [-0.25, -0.2) is 0 Å². The molecule has 0 rings (SSSR count). The Balaban J connectivity index is -0.0000000400. The Labute approximate surface area is 71.4 Å². The van der Waals surface area contributed by atoms with E-state index >= 15 is 0 Å². The van der Waals surface area contributed by atoms with Crippen LogP contribution in [-0.2, 0) is 32.7 Å². The van der Waals surface area contributed by atoms with Gasteiger partial charge in [-0.2, -0.15) is 13.8 Å². The van der Waals surface area contributed by atoms with Crippen molar-refractivity contribution < 1.29 is 37.8 Å². The summed E-state index contributed by atoms with van der Waals surface area (Å²) in [6.07, 6.45) is 2.00. The van der Waals surface area contributed by atoms with Crippen molar-refractivity contribution in [3.63, 3.8) is 0 Å². The third-order valence-electron chi connectivity index (χ3n) is 0. The minimum Gasteiger partial charge on any atom is -0.397 e. The van der Waals surface area contributed by atoms with E-state index in [-0.39, 0.29) is 39.3 Å². The van der Waals surface area contributed by atoms with Crippen molar-refractivity contribution in [3.8, 4) is 0 Å². The van der Waals surface area contributed by atoms with E-state index in [0.29, 0.717) is 0 Å². The first-order valence-electron chi connectivity index (χ1n) is 2.18. The summed E-state index contributed by atoms with van der Waals surface area (Å²) in [5.74, 6) is 0. The summed E-state index contributed by atoms with van der Waals surface area (Å²) in [4.78, 5) is 0. The molecule has 0 aliphatic carbocycles. The number of hydrogen-bond donors (Lipinski definition) is 1. The Morgan fingerprint density at radius 1 is 1.43 bits per heavy atom. The van der Waals surface area contributed by atoms with Crippen molar-refractivity contribution in [1.29, 1.82) is 0 Å². The van der Waals surface area contributed by atoms with Crippen LogP contribution in [-0.4, -0.2) is 11.7 Å². The van der Waals surface area contributed by atoms with E-state index < -0.39 is 0 Å². The Bertz CT molecular complexity index is 10.0. The third kappa shape index (κ3) is 160. The molecule has 7 heavy (non-hydrogen) atoms. The van der Waals surface area contributed by atoms with E-state index in [4.69, 9.17) is 5.11 Å². The van der Waals surface area contributed by atoms with Crippen LogP contribution in [0.2, 0.25) is 0 Å². The Hall–Kier alpha value is 1.06. The van der Waals surface area contributed by atoms with Gasteiger partial charge >= 0.3 is 0 Å². The van der Waals surface area contributed by atoms with E-state index in [1.54, 1.807) is 6.92 Å². The van der Waals surface area contributed by atoms with Gasteiger partial charge in [0, 0.05) is 39.3 Å². The maximum Gasteiger partial charge on any atom is 0.0402 e. The molecule has 0 amide bonds. The molecule has 0 atom stereocenters. The van der Waals surface area contributed by atoms with E-state index in [1.807, 2.05) is 20.3 Å². The summed E-state index contributed by atoms with van der Waals surface area (Å²) < 4.78 is 0. The van der Waals surface area contributed by atoms with Gasteiger partial charge in [0.05, 0.1) is 0 Å². The second-order valence-corrected chi connectivity index (χ2v) is 0.894.